The zero-order valence-electron chi connectivity index (χ0n) is 22.2. The minimum Gasteiger partial charge on any atom is -0.457 e. The Bertz CT molecular complexity index is 2730. The quantitative estimate of drug-likeness (QED) is 0.199. The molecule has 0 amide bonds. The van der Waals surface area contributed by atoms with Gasteiger partial charge in [-0.1, -0.05) is 42.5 Å². The molecule has 0 unspecified atom stereocenters. The SMILES string of the molecule is c1ccc2c(c1)sc1ccc3c4ccc(Oc5ccc6c7ccccc7n7ccnc7c6c5)cc4c4nccn4c3c12. The number of aromatic nitrogens is 4. The Balaban J connectivity index is 1.18. The van der Waals surface area contributed by atoms with E-state index in [0.717, 1.165) is 49.9 Å². The van der Waals surface area contributed by atoms with E-state index in [-0.39, 0.29) is 0 Å². The molecule has 0 aliphatic heterocycles. The highest BCUT2D eigenvalue weighted by atomic mass is 32.1. The van der Waals surface area contributed by atoms with E-state index in [1.807, 2.05) is 36.0 Å². The zero-order chi connectivity index (χ0) is 27.4. The summed E-state index contributed by atoms with van der Waals surface area (Å²) in [6.45, 7) is 0. The maximum Gasteiger partial charge on any atom is 0.145 e. The van der Waals surface area contributed by atoms with Crippen molar-refractivity contribution in [2.45, 2.75) is 0 Å². The fourth-order valence-corrected chi connectivity index (χ4v) is 7.82. The first-order valence-electron chi connectivity index (χ1n) is 13.9. The van der Waals surface area contributed by atoms with Crippen LogP contribution in [-0.4, -0.2) is 18.8 Å². The number of hydrogen-bond acceptors (Lipinski definition) is 4. The number of fused-ring (bicyclic) bond motifs is 16. The zero-order valence-corrected chi connectivity index (χ0v) is 23.0. The van der Waals surface area contributed by atoms with Gasteiger partial charge in [0.25, 0.3) is 0 Å². The number of ether oxygens (including phenoxy) is 1. The molecule has 0 N–H and O–H groups in total. The average molecular weight is 557 g/mol. The number of pyridine rings is 2. The third kappa shape index (κ3) is 2.91. The standard InChI is InChI=1S/C36H20N4OS/c1-3-7-30-25(5-1)23-11-9-21(19-28(23)35-37-15-17-39(30)35)41-22-10-12-24-26-13-14-32-33(27-6-2-4-8-31(27)42-32)34(26)40-18-16-38-36(40)29(24)20-22/h1-20H. The van der Waals surface area contributed by atoms with E-state index < -0.39 is 0 Å². The summed E-state index contributed by atoms with van der Waals surface area (Å²) < 4.78 is 13.5. The Morgan fingerprint density at radius 1 is 0.524 bits per heavy atom. The lowest BCUT2D eigenvalue weighted by Gasteiger charge is -2.13. The highest BCUT2D eigenvalue weighted by Crippen LogP contribution is 2.42. The van der Waals surface area contributed by atoms with Crippen molar-refractivity contribution in [2.75, 3.05) is 0 Å². The minimum atomic E-state index is 0.772. The molecule has 196 valence electrons. The second-order valence-corrected chi connectivity index (χ2v) is 11.8. The largest absolute Gasteiger partial charge is 0.457 e. The van der Waals surface area contributed by atoms with Gasteiger partial charge in [0, 0.05) is 66.5 Å². The third-order valence-electron chi connectivity index (χ3n) is 8.48. The summed E-state index contributed by atoms with van der Waals surface area (Å²) in [6, 6.07) is 34.2. The molecule has 0 aliphatic rings. The summed E-state index contributed by atoms with van der Waals surface area (Å²) in [6.07, 6.45) is 7.82. The molecule has 10 aromatic rings. The monoisotopic (exact) mass is 556 g/mol. The second kappa shape index (κ2) is 8.06. The second-order valence-electron chi connectivity index (χ2n) is 10.7. The van der Waals surface area contributed by atoms with Crippen LogP contribution in [0.25, 0.3) is 74.8 Å². The molecule has 0 atom stereocenters. The van der Waals surface area contributed by atoms with Gasteiger partial charge >= 0.3 is 0 Å². The van der Waals surface area contributed by atoms with Crippen LogP contribution in [0.3, 0.4) is 0 Å². The predicted octanol–water partition coefficient (Wildman–Crippen LogP) is 9.75. The first-order chi connectivity index (χ1) is 20.8. The number of benzene rings is 5. The van der Waals surface area contributed by atoms with Crippen molar-refractivity contribution in [2.24, 2.45) is 0 Å². The predicted molar refractivity (Wildman–Crippen MR) is 173 cm³/mol. The van der Waals surface area contributed by atoms with Crippen LogP contribution >= 0.6 is 11.3 Å². The van der Waals surface area contributed by atoms with Crippen molar-refractivity contribution in [1.29, 1.82) is 0 Å². The van der Waals surface area contributed by atoms with Gasteiger partial charge in [-0.2, -0.15) is 0 Å². The van der Waals surface area contributed by atoms with Crippen LogP contribution in [0, 0.1) is 0 Å². The normalized spacial score (nSPS) is 12.3. The summed E-state index contributed by atoms with van der Waals surface area (Å²) >= 11 is 1.84. The Labute approximate surface area is 242 Å². The highest BCUT2D eigenvalue weighted by Gasteiger charge is 2.17. The number of thiophene rings is 1. The van der Waals surface area contributed by atoms with Gasteiger partial charge in [0.2, 0.25) is 0 Å². The van der Waals surface area contributed by atoms with Crippen LogP contribution in [0.15, 0.2) is 122 Å². The molecule has 0 aliphatic carbocycles. The fourth-order valence-electron chi connectivity index (χ4n) is 6.71. The number of para-hydroxylation sites is 1. The molecular formula is C36H20N4OS. The van der Waals surface area contributed by atoms with Crippen LogP contribution in [0.1, 0.15) is 0 Å². The fraction of sp³-hybridized carbons (Fsp3) is 0. The van der Waals surface area contributed by atoms with E-state index in [0.29, 0.717) is 0 Å². The molecule has 0 bridgehead atoms. The topological polar surface area (TPSA) is 43.8 Å². The summed E-state index contributed by atoms with van der Waals surface area (Å²) in [7, 11) is 0. The molecule has 0 saturated heterocycles. The molecule has 10 rings (SSSR count). The van der Waals surface area contributed by atoms with Crippen LogP contribution in [0.4, 0.5) is 0 Å². The lowest BCUT2D eigenvalue weighted by atomic mass is 10.0. The van der Waals surface area contributed by atoms with Crippen molar-refractivity contribution in [3.63, 3.8) is 0 Å². The third-order valence-corrected chi connectivity index (χ3v) is 9.62. The summed E-state index contributed by atoms with van der Waals surface area (Å²) in [5, 5.41) is 9.41. The van der Waals surface area contributed by atoms with Crippen molar-refractivity contribution < 1.29 is 4.74 Å². The van der Waals surface area contributed by atoms with E-state index in [1.165, 1.54) is 36.5 Å². The lowest BCUT2D eigenvalue weighted by molar-refractivity contribution is 0.484. The first kappa shape index (κ1) is 22.3. The van der Waals surface area contributed by atoms with Gasteiger partial charge in [-0.25, -0.2) is 9.97 Å². The Kier molecular flexibility index (Phi) is 4.27. The van der Waals surface area contributed by atoms with Gasteiger partial charge in [-0.3, -0.25) is 8.80 Å². The van der Waals surface area contributed by atoms with Gasteiger partial charge in [0.15, 0.2) is 0 Å². The summed E-state index contributed by atoms with van der Waals surface area (Å²) in [5.74, 6) is 1.54. The number of nitrogens with zero attached hydrogens (tertiary/aromatic N) is 4. The average Bonchev–Trinajstić information content (AvgIpc) is 3.80. The first-order valence-corrected chi connectivity index (χ1v) is 14.7. The summed E-state index contributed by atoms with van der Waals surface area (Å²) in [4.78, 5) is 9.49. The van der Waals surface area contributed by atoms with Crippen molar-refractivity contribution >= 4 is 86.2 Å². The number of rotatable bonds is 2. The van der Waals surface area contributed by atoms with Crippen LogP contribution in [-0.2, 0) is 0 Å². The molecule has 0 spiro atoms. The van der Waals surface area contributed by atoms with E-state index in [4.69, 9.17) is 9.72 Å². The summed E-state index contributed by atoms with van der Waals surface area (Å²) in [5.41, 5.74) is 4.19. The molecule has 0 fully saturated rings. The van der Waals surface area contributed by atoms with Crippen molar-refractivity contribution in [3.05, 3.63) is 122 Å². The molecule has 5 heterocycles. The Morgan fingerprint density at radius 3 is 1.98 bits per heavy atom. The molecule has 42 heavy (non-hydrogen) atoms. The van der Waals surface area contributed by atoms with Gasteiger partial charge in [0.05, 0.1) is 11.0 Å². The minimum absolute atomic E-state index is 0.772. The molecule has 0 radical (unpaired) electrons. The molecular weight excluding hydrogens is 536 g/mol. The molecule has 6 heteroatoms. The molecule has 0 saturated carbocycles. The van der Waals surface area contributed by atoms with Crippen LogP contribution < -0.4 is 4.74 Å². The Morgan fingerprint density at radius 2 is 1.17 bits per heavy atom. The smallest absolute Gasteiger partial charge is 0.145 e. The van der Waals surface area contributed by atoms with Gasteiger partial charge in [-0.15, -0.1) is 11.3 Å². The molecule has 5 nitrogen and oxygen atoms in total. The van der Waals surface area contributed by atoms with Gasteiger partial charge in [-0.05, 0) is 65.4 Å². The Hall–Kier alpha value is -5.46. The van der Waals surface area contributed by atoms with Crippen molar-refractivity contribution in [3.8, 4) is 11.5 Å². The van der Waals surface area contributed by atoms with E-state index >= 15 is 0 Å². The highest BCUT2D eigenvalue weighted by molar-refractivity contribution is 7.26. The maximum absolute atomic E-state index is 6.51. The van der Waals surface area contributed by atoms with E-state index in [1.54, 1.807) is 0 Å². The number of hydrogen-bond donors (Lipinski definition) is 0. The van der Waals surface area contributed by atoms with Gasteiger partial charge < -0.3 is 4.74 Å². The maximum atomic E-state index is 6.51. The number of imidazole rings is 2. The van der Waals surface area contributed by atoms with E-state index in [2.05, 4.69) is 111 Å². The van der Waals surface area contributed by atoms with Gasteiger partial charge in [0.1, 0.15) is 22.8 Å². The van der Waals surface area contributed by atoms with E-state index in [9.17, 15) is 0 Å². The van der Waals surface area contributed by atoms with Crippen LogP contribution in [0.2, 0.25) is 0 Å². The van der Waals surface area contributed by atoms with Crippen LogP contribution in [0.5, 0.6) is 11.5 Å². The lowest BCUT2D eigenvalue weighted by Crippen LogP contribution is -1.93. The molecule has 5 aromatic carbocycles. The molecule has 5 aromatic heterocycles. The van der Waals surface area contributed by atoms with Crippen molar-refractivity contribution in [1.82, 2.24) is 18.8 Å².